The molecule has 0 saturated heterocycles. The van der Waals surface area contributed by atoms with Crippen molar-refractivity contribution >= 4 is 5.78 Å². The van der Waals surface area contributed by atoms with E-state index in [2.05, 4.69) is 0 Å². The van der Waals surface area contributed by atoms with Gasteiger partial charge in [0.05, 0.1) is 0 Å². The minimum absolute atomic E-state index is 1.00. The first kappa shape index (κ1) is 13.8. The Balaban J connectivity index is 0. The molecule has 2 nitrogen and oxygen atoms in total. The van der Waals surface area contributed by atoms with Crippen molar-refractivity contribution in [1.82, 2.24) is 0 Å². The molecule has 1 N–H and O–H groups in total. The van der Waals surface area contributed by atoms with E-state index in [0.717, 1.165) is 7.11 Å². The molecule has 0 aromatic carbocycles. The van der Waals surface area contributed by atoms with Gasteiger partial charge in [-0.15, -0.1) is 0 Å². The van der Waals surface area contributed by atoms with E-state index in [1.165, 1.54) is 0 Å². The number of alkyl halides is 6. The van der Waals surface area contributed by atoms with E-state index in [1.807, 2.05) is 0 Å². The van der Waals surface area contributed by atoms with Crippen LogP contribution in [0.1, 0.15) is 0 Å². The molecule has 0 aliphatic carbocycles. The number of rotatable bonds is 0. The molecule has 0 rings (SSSR count). The van der Waals surface area contributed by atoms with Crippen molar-refractivity contribution in [2.75, 3.05) is 7.11 Å². The van der Waals surface area contributed by atoms with Gasteiger partial charge >= 0.3 is 18.1 Å². The number of carbonyl (C=O) groups excluding carboxylic acids is 1. The average molecular weight is 198 g/mol. The molecule has 0 aromatic rings. The average Bonchev–Trinajstić information content (AvgIpc) is 1.87. The largest absolute Gasteiger partial charge is 0.459 e. The van der Waals surface area contributed by atoms with Crippen molar-refractivity contribution in [3.8, 4) is 0 Å². The van der Waals surface area contributed by atoms with Crippen LogP contribution in [0.4, 0.5) is 26.3 Å². The Labute approximate surface area is 62.8 Å². The zero-order valence-corrected chi connectivity index (χ0v) is 5.62. The Morgan fingerprint density at radius 3 is 1.08 bits per heavy atom. The molecule has 0 aromatic heterocycles. The molecule has 0 saturated carbocycles. The van der Waals surface area contributed by atoms with Crippen LogP contribution in [0.5, 0.6) is 0 Å². The van der Waals surface area contributed by atoms with Crippen LogP contribution in [0.15, 0.2) is 0 Å². The number of aliphatic hydroxyl groups excluding tert-OH is 1. The Bertz CT molecular complexity index is 129. The molecular formula is C4H4F6O2. The van der Waals surface area contributed by atoms with Gasteiger partial charge in [-0.05, 0) is 0 Å². The highest BCUT2D eigenvalue weighted by atomic mass is 19.4. The van der Waals surface area contributed by atoms with Crippen molar-refractivity contribution in [2.24, 2.45) is 0 Å². The number of aliphatic hydroxyl groups is 1. The quantitative estimate of drug-likeness (QED) is 0.595. The van der Waals surface area contributed by atoms with Crippen LogP contribution in [-0.2, 0) is 4.79 Å². The second-order valence-corrected chi connectivity index (χ2v) is 1.32. The van der Waals surface area contributed by atoms with Gasteiger partial charge in [-0.3, -0.25) is 4.79 Å². The minimum Gasteiger partial charge on any atom is -0.400 e. The van der Waals surface area contributed by atoms with E-state index < -0.39 is 18.1 Å². The first-order chi connectivity index (χ1) is 5.15. The maximum Gasteiger partial charge on any atom is 0.459 e. The van der Waals surface area contributed by atoms with Crippen molar-refractivity contribution in [3.05, 3.63) is 0 Å². The summed E-state index contributed by atoms with van der Waals surface area (Å²) >= 11 is 0. The lowest BCUT2D eigenvalue weighted by atomic mass is 10.4. The Morgan fingerprint density at radius 1 is 0.917 bits per heavy atom. The van der Waals surface area contributed by atoms with E-state index >= 15 is 0 Å². The fourth-order valence-corrected chi connectivity index (χ4v) is 0.161. The topological polar surface area (TPSA) is 37.3 Å². The van der Waals surface area contributed by atoms with Crippen LogP contribution in [0.25, 0.3) is 0 Å². The summed E-state index contributed by atoms with van der Waals surface area (Å²) in [4.78, 5) is 9.24. The van der Waals surface area contributed by atoms with E-state index in [4.69, 9.17) is 5.11 Å². The Hall–Kier alpha value is -0.790. The van der Waals surface area contributed by atoms with E-state index in [0.29, 0.717) is 0 Å². The summed E-state index contributed by atoms with van der Waals surface area (Å²) in [7, 11) is 1.00. The van der Waals surface area contributed by atoms with Crippen molar-refractivity contribution in [2.45, 2.75) is 12.4 Å². The molecule has 0 amide bonds. The second kappa shape index (κ2) is 4.29. The summed E-state index contributed by atoms with van der Waals surface area (Å²) in [6, 6.07) is 0. The monoisotopic (exact) mass is 198 g/mol. The summed E-state index contributed by atoms with van der Waals surface area (Å²) in [6.45, 7) is 0. The van der Waals surface area contributed by atoms with Crippen molar-refractivity contribution in [3.63, 3.8) is 0 Å². The highest BCUT2D eigenvalue weighted by molar-refractivity contribution is 5.89. The van der Waals surface area contributed by atoms with Gasteiger partial charge in [-0.25, -0.2) is 0 Å². The van der Waals surface area contributed by atoms with Gasteiger partial charge in [0.25, 0.3) is 0 Å². The first-order valence-corrected chi connectivity index (χ1v) is 2.29. The SMILES string of the molecule is CO.O=C(C(F)(F)F)C(F)(F)F. The number of Topliss-reactive ketones (excluding diaryl/α,β-unsaturated/α-hetero) is 1. The lowest BCUT2D eigenvalue weighted by Gasteiger charge is -2.06. The molecule has 0 radical (unpaired) electrons. The minimum atomic E-state index is -5.82. The molecule has 0 spiro atoms. The van der Waals surface area contributed by atoms with Crippen LogP contribution >= 0.6 is 0 Å². The second-order valence-electron chi connectivity index (χ2n) is 1.32. The fourth-order valence-electron chi connectivity index (χ4n) is 0.161. The molecule has 74 valence electrons. The fraction of sp³-hybridized carbons (Fsp3) is 0.750. The number of hydrogen-bond donors (Lipinski definition) is 1. The number of carbonyl (C=O) groups is 1. The summed E-state index contributed by atoms with van der Waals surface area (Å²) in [5.41, 5.74) is 0. The molecule has 0 aliphatic rings. The van der Waals surface area contributed by atoms with Gasteiger partial charge in [0, 0.05) is 7.11 Å². The molecule has 0 heterocycles. The maximum absolute atomic E-state index is 10.9. The zero-order chi connectivity index (χ0) is 10.6. The normalized spacial score (nSPS) is 11.7. The maximum atomic E-state index is 10.9. The Morgan fingerprint density at radius 2 is 1.08 bits per heavy atom. The molecule has 12 heavy (non-hydrogen) atoms. The molecule has 0 unspecified atom stereocenters. The van der Waals surface area contributed by atoms with Gasteiger partial charge in [0.1, 0.15) is 0 Å². The van der Waals surface area contributed by atoms with Gasteiger partial charge in [0.15, 0.2) is 0 Å². The third kappa shape index (κ3) is 4.94. The first-order valence-electron chi connectivity index (χ1n) is 2.29. The summed E-state index contributed by atoms with van der Waals surface area (Å²) in [6.07, 6.45) is -11.6. The van der Waals surface area contributed by atoms with Crippen molar-refractivity contribution in [1.29, 1.82) is 0 Å². The summed E-state index contributed by atoms with van der Waals surface area (Å²) in [5, 5.41) is 7.00. The molecule has 0 bridgehead atoms. The third-order valence-electron chi connectivity index (χ3n) is 0.515. The van der Waals surface area contributed by atoms with E-state index in [1.54, 1.807) is 0 Å². The molecule has 0 aliphatic heterocycles. The third-order valence-corrected chi connectivity index (χ3v) is 0.515. The molecule has 8 heteroatoms. The van der Waals surface area contributed by atoms with Crippen LogP contribution in [0.2, 0.25) is 0 Å². The van der Waals surface area contributed by atoms with Crippen LogP contribution < -0.4 is 0 Å². The van der Waals surface area contributed by atoms with Crippen LogP contribution in [-0.4, -0.2) is 30.4 Å². The van der Waals surface area contributed by atoms with Gasteiger partial charge in [0.2, 0.25) is 0 Å². The number of ketones is 1. The van der Waals surface area contributed by atoms with E-state index in [-0.39, 0.29) is 0 Å². The van der Waals surface area contributed by atoms with Crippen LogP contribution in [0, 0.1) is 0 Å². The molecule has 0 atom stereocenters. The molecule has 0 fully saturated rings. The van der Waals surface area contributed by atoms with Crippen molar-refractivity contribution < 1.29 is 36.2 Å². The molecular weight excluding hydrogens is 194 g/mol. The number of halogens is 6. The lowest BCUT2D eigenvalue weighted by molar-refractivity contribution is -0.217. The summed E-state index contributed by atoms with van der Waals surface area (Å²) < 4.78 is 65.3. The predicted octanol–water partition coefficient (Wildman–Crippen LogP) is 1.29. The predicted molar refractivity (Wildman–Crippen MR) is 25.3 cm³/mol. The van der Waals surface area contributed by atoms with Gasteiger partial charge in [-0.1, -0.05) is 0 Å². The van der Waals surface area contributed by atoms with E-state index in [9.17, 15) is 31.1 Å². The zero-order valence-electron chi connectivity index (χ0n) is 5.62. The lowest BCUT2D eigenvalue weighted by Crippen LogP contribution is -2.36. The van der Waals surface area contributed by atoms with Crippen LogP contribution in [0.3, 0.4) is 0 Å². The highest BCUT2D eigenvalue weighted by Gasteiger charge is 2.55. The Kier molecular flexibility index (Phi) is 4.92. The highest BCUT2D eigenvalue weighted by Crippen LogP contribution is 2.28. The van der Waals surface area contributed by atoms with Gasteiger partial charge in [-0.2, -0.15) is 26.3 Å². The smallest absolute Gasteiger partial charge is 0.400 e. The standard InChI is InChI=1S/C3F6O.CH4O/c4-2(5,6)1(10)3(7,8)9;1-2/h;2H,1H3. The summed E-state index contributed by atoms with van der Waals surface area (Å²) in [5.74, 6) is -3.68. The number of hydrogen-bond acceptors (Lipinski definition) is 2. The van der Waals surface area contributed by atoms with Gasteiger partial charge < -0.3 is 5.11 Å².